The highest BCUT2D eigenvalue weighted by Crippen LogP contribution is 2.26. The van der Waals surface area contributed by atoms with E-state index in [0.29, 0.717) is 0 Å². The zero-order chi connectivity index (χ0) is 12.1. The molecule has 0 spiro atoms. The Labute approximate surface area is 106 Å². The Kier molecular flexibility index (Phi) is 4.09. The summed E-state index contributed by atoms with van der Waals surface area (Å²) in [5.74, 6) is 2.77. The van der Waals surface area contributed by atoms with Crippen LogP contribution in [-0.2, 0) is 5.75 Å². The van der Waals surface area contributed by atoms with E-state index in [9.17, 15) is 0 Å². The van der Waals surface area contributed by atoms with Crippen molar-refractivity contribution in [2.24, 2.45) is 0 Å². The normalized spacial score (nSPS) is 10.5. The molecule has 0 atom stereocenters. The van der Waals surface area contributed by atoms with Crippen molar-refractivity contribution in [3.63, 3.8) is 0 Å². The fraction of sp³-hybridized carbons (Fsp3) is 0.308. The van der Waals surface area contributed by atoms with Crippen molar-refractivity contribution in [3.8, 4) is 0 Å². The Morgan fingerprint density at radius 2 is 2.24 bits per heavy atom. The Hall–Kier alpha value is -1.42. The summed E-state index contributed by atoms with van der Waals surface area (Å²) < 4.78 is 5.26. The SMILES string of the molecule is CCNc1cccc(CSc2ccoc2C)n1. The molecule has 2 aromatic rings. The van der Waals surface area contributed by atoms with Gasteiger partial charge >= 0.3 is 0 Å². The van der Waals surface area contributed by atoms with Crippen LogP contribution in [0, 0.1) is 6.92 Å². The quantitative estimate of drug-likeness (QED) is 0.819. The second kappa shape index (κ2) is 5.77. The highest BCUT2D eigenvalue weighted by molar-refractivity contribution is 7.98. The van der Waals surface area contributed by atoms with E-state index >= 15 is 0 Å². The molecule has 0 unspecified atom stereocenters. The van der Waals surface area contributed by atoms with Crippen LogP contribution in [0.1, 0.15) is 18.4 Å². The molecular formula is C13H16N2OS. The lowest BCUT2D eigenvalue weighted by Crippen LogP contribution is -2.00. The third-order valence-corrected chi connectivity index (χ3v) is 3.53. The molecule has 0 radical (unpaired) electrons. The molecule has 0 aliphatic carbocycles. The lowest BCUT2D eigenvalue weighted by Gasteiger charge is -2.04. The molecule has 0 amide bonds. The number of furan rings is 1. The Balaban J connectivity index is 1.99. The molecule has 0 bridgehead atoms. The van der Waals surface area contributed by atoms with E-state index in [-0.39, 0.29) is 0 Å². The number of hydrogen-bond donors (Lipinski definition) is 1. The van der Waals surface area contributed by atoms with E-state index in [1.54, 1.807) is 18.0 Å². The van der Waals surface area contributed by atoms with Gasteiger partial charge in [-0.25, -0.2) is 4.98 Å². The second-order valence-electron chi connectivity index (χ2n) is 3.67. The molecule has 0 aliphatic rings. The zero-order valence-electron chi connectivity index (χ0n) is 10.1. The van der Waals surface area contributed by atoms with E-state index in [1.165, 1.54) is 4.90 Å². The van der Waals surface area contributed by atoms with Gasteiger partial charge in [0, 0.05) is 17.2 Å². The third kappa shape index (κ3) is 3.27. The van der Waals surface area contributed by atoms with Crippen molar-refractivity contribution >= 4 is 17.6 Å². The van der Waals surface area contributed by atoms with Crippen LogP contribution in [0.25, 0.3) is 0 Å². The molecule has 2 aromatic heterocycles. The molecule has 0 aromatic carbocycles. The first-order chi connectivity index (χ1) is 8.29. The first-order valence-electron chi connectivity index (χ1n) is 5.66. The summed E-state index contributed by atoms with van der Waals surface area (Å²) in [5.41, 5.74) is 1.08. The summed E-state index contributed by atoms with van der Waals surface area (Å²) in [6.45, 7) is 4.94. The molecule has 0 saturated heterocycles. The van der Waals surface area contributed by atoms with Crippen LogP contribution in [0.2, 0.25) is 0 Å². The van der Waals surface area contributed by atoms with Crippen LogP contribution in [-0.4, -0.2) is 11.5 Å². The van der Waals surface area contributed by atoms with E-state index in [4.69, 9.17) is 4.42 Å². The van der Waals surface area contributed by atoms with Gasteiger partial charge in [-0.1, -0.05) is 6.07 Å². The van der Waals surface area contributed by atoms with Gasteiger partial charge in [-0.2, -0.15) is 0 Å². The predicted molar refractivity (Wildman–Crippen MR) is 71.4 cm³/mol. The van der Waals surface area contributed by atoms with E-state index in [0.717, 1.165) is 29.6 Å². The van der Waals surface area contributed by atoms with Gasteiger partial charge in [0.2, 0.25) is 0 Å². The highest BCUT2D eigenvalue weighted by Gasteiger charge is 2.03. The molecule has 2 heterocycles. The zero-order valence-corrected chi connectivity index (χ0v) is 10.9. The fourth-order valence-corrected chi connectivity index (χ4v) is 2.38. The summed E-state index contributed by atoms with van der Waals surface area (Å²) in [4.78, 5) is 5.71. The van der Waals surface area contributed by atoms with Crippen molar-refractivity contribution in [2.45, 2.75) is 24.5 Å². The van der Waals surface area contributed by atoms with Gasteiger partial charge in [0.05, 0.1) is 12.0 Å². The third-order valence-electron chi connectivity index (χ3n) is 2.35. The number of pyridine rings is 1. The molecule has 17 heavy (non-hydrogen) atoms. The first-order valence-corrected chi connectivity index (χ1v) is 6.65. The number of anilines is 1. The van der Waals surface area contributed by atoms with Crippen LogP contribution < -0.4 is 5.32 Å². The number of aromatic nitrogens is 1. The number of thioether (sulfide) groups is 1. The average Bonchev–Trinajstić information content (AvgIpc) is 2.73. The number of nitrogens with zero attached hydrogens (tertiary/aromatic N) is 1. The standard InChI is InChI=1S/C13H16N2OS/c1-3-14-13-6-4-5-11(15-13)9-17-12-7-8-16-10(12)2/h4-8H,3,9H2,1-2H3,(H,14,15). The van der Waals surface area contributed by atoms with Gasteiger partial charge in [-0.15, -0.1) is 11.8 Å². The van der Waals surface area contributed by atoms with Crippen molar-refractivity contribution < 1.29 is 4.42 Å². The van der Waals surface area contributed by atoms with Crippen LogP contribution in [0.5, 0.6) is 0 Å². The van der Waals surface area contributed by atoms with E-state index in [1.807, 2.05) is 31.2 Å². The van der Waals surface area contributed by atoms with Gasteiger partial charge in [0.1, 0.15) is 11.6 Å². The molecule has 2 rings (SSSR count). The summed E-state index contributed by atoms with van der Waals surface area (Å²) in [5, 5.41) is 3.21. The number of nitrogens with one attached hydrogen (secondary N) is 1. The molecule has 3 nitrogen and oxygen atoms in total. The van der Waals surface area contributed by atoms with E-state index < -0.39 is 0 Å². The Morgan fingerprint density at radius 1 is 1.35 bits per heavy atom. The maximum absolute atomic E-state index is 5.26. The Morgan fingerprint density at radius 3 is 2.94 bits per heavy atom. The van der Waals surface area contributed by atoms with Gasteiger partial charge in [0.15, 0.2) is 0 Å². The van der Waals surface area contributed by atoms with Crippen LogP contribution in [0.4, 0.5) is 5.82 Å². The van der Waals surface area contributed by atoms with Crippen LogP contribution in [0.3, 0.4) is 0 Å². The summed E-state index contributed by atoms with van der Waals surface area (Å²) in [7, 11) is 0. The van der Waals surface area contributed by atoms with Crippen LogP contribution in [0.15, 0.2) is 39.8 Å². The first kappa shape index (κ1) is 12.0. The molecule has 0 saturated carbocycles. The summed E-state index contributed by atoms with van der Waals surface area (Å²) >= 11 is 1.75. The fourth-order valence-electron chi connectivity index (χ4n) is 1.51. The van der Waals surface area contributed by atoms with Crippen molar-refractivity contribution in [3.05, 3.63) is 42.0 Å². The number of hydrogen-bond acceptors (Lipinski definition) is 4. The molecule has 4 heteroatoms. The summed E-state index contributed by atoms with van der Waals surface area (Å²) in [6, 6.07) is 8.06. The number of aryl methyl sites for hydroxylation is 1. The van der Waals surface area contributed by atoms with Gasteiger partial charge in [0.25, 0.3) is 0 Å². The largest absolute Gasteiger partial charge is 0.468 e. The highest BCUT2D eigenvalue weighted by atomic mass is 32.2. The van der Waals surface area contributed by atoms with Gasteiger partial charge in [-0.05, 0) is 32.0 Å². The maximum Gasteiger partial charge on any atom is 0.126 e. The van der Waals surface area contributed by atoms with Crippen molar-refractivity contribution in [1.82, 2.24) is 4.98 Å². The topological polar surface area (TPSA) is 38.1 Å². The lowest BCUT2D eigenvalue weighted by atomic mass is 10.4. The van der Waals surface area contributed by atoms with Gasteiger partial charge < -0.3 is 9.73 Å². The van der Waals surface area contributed by atoms with E-state index in [2.05, 4.69) is 17.2 Å². The van der Waals surface area contributed by atoms with Crippen molar-refractivity contribution in [1.29, 1.82) is 0 Å². The predicted octanol–water partition coefficient (Wildman–Crippen LogP) is 3.71. The minimum atomic E-state index is 0.861. The Bertz CT molecular complexity index is 482. The summed E-state index contributed by atoms with van der Waals surface area (Å²) in [6.07, 6.45) is 1.72. The maximum atomic E-state index is 5.26. The molecule has 0 fully saturated rings. The number of rotatable bonds is 5. The van der Waals surface area contributed by atoms with Crippen LogP contribution >= 0.6 is 11.8 Å². The minimum Gasteiger partial charge on any atom is -0.468 e. The van der Waals surface area contributed by atoms with Gasteiger partial charge in [-0.3, -0.25) is 0 Å². The molecular weight excluding hydrogens is 232 g/mol. The molecule has 90 valence electrons. The smallest absolute Gasteiger partial charge is 0.126 e. The second-order valence-corrected chi connectivity index (χ2v) is 4.69. The monoisotopic (exact) mass is 248 g/mol. The molecule has 0 aliphatic heterocycles. The minimum absolute atomic E-state index is 0.861. The lowest BCUT2D eigenvalue weighted by molar-refractivity contribution is 0.527. The molecule has 1 N–H and O–H groups in total. The average molecular weight is 248 g/mol. The van der Waals surface area contributed by atoms with Crippen molar-refractivity contribution in [2.75, 3.05) is 11.9 Å².